The average molecular weight is 406 g/mol. The fourth-order valence-corrected chi connectivity index (χ4v) is 3.21. The lowest BCUT2D eigenvalue weighted by atomic mass is 9.92. The monoisotopic (exact) mass is 405 g/mol. The quantitative estimate of drug-likeness (QED) is 0.721. The van der Waals surface area contributed by atoms with Gasteiger partial charge < -0.3 is 14.8 Å². The number of imide groups is 1. The summed E-state index contributed by atoms with van der Waals surface area (Å²) in [7, 11) is 0. The summed E-state index contributed by atoms with van der Waals surface area (Å²) in [5.74, 6) is 0. The smallest absolute Gasteiger partial charge is 0.419 e. The number of hydrogen-bond acceptors (Lipinski definition) is 6. The minimum absolute atomic E-state index is 0.205. The van der Waals surface area contributed by atoms with Crippen LogP contribution in [0.15, 0.2) is 18.3 Å². The number of pyridine rings is 1. The molecule has 0 fully saturated rings. The Morgan fingerprint density at radius 2 is 1.76 bits per heavy atom. The number of aromatic nitrogens is 1. The van der Waals surface area contributed by atoms with Gasteiger partial charge in [0.05, 0.1) is 5.69 Å². The minimum Gasteiger partial charge on any atom is -0.443 e. The molecule has 1 aromatic heterocycles. The van der Waals surface area contributed by atoms with E-state index in [0.29, 0.717) is 13.0 Å². The number of nitrogens with zero attached hydrogens (tertiary/aromatic N) is 2. The predicted octanol–water partition coefficient (Wildman–Crippen LogP) is 4.61. The molecule has 7 heteroatoms. The largest absolute Gasteiger partial charge is 0.443 e. The number of ether oxygens (including phenoxy) is 2. The summed E-state index contributed by atoms with van der Waals surface area (Å²) in [6.07, 6.45) is 4.27. The molecule has 1 aliphatic carbocycles. The van der Waals surface area contributed by atoms with Gasteiger partial charge in [0.1, 0.15) is 11.2 Å². The van der Waals surface area contributed by atoms with Gasteiger partial charge in [0.2, 0.25) is 0 Å². The first-order chi connectivity index (χ1) is 13.5. The molecular formula is C22H35N3O4. The van der Waals surface area contributed by atoms with Gasteiger partial charge in [-0.2, -0.15) is 0 Å². The van der Waals surface area contributed by atoms with E-state index < -0.39 is 23.4 Å². The lowest BCUT2D eigenvalue weighted by Gasteiger charge is -2.29. The molecule has 7 nitrogen and oxygen atoms in total. The topological polar surface area (TPSA) is 80.8 Å². The van der Waals surface area contributed by atoms with E-state index in [2.05, 4.69) is 16.4 Å². The van der Waals surface area contributed by atoms with Crippen LogP contribution in [0.3, 0.4) is 0 Å². The van der Waals surface area contributed by atoms with Gasteiger partial charge in [0.25, 0.3) is 0 Å². The number of aryl methyl sites for hydroxylation is 1. The SMILES string of the molecule is CC(C)(C)OC(=O)N(CCCN[C@H]1CCCc2cccnc21)C(=O)OC(C)(C)C. The molecule has 0 bridgehead atoms. The lowest BCUT2D eigenvalue weighted by Crippen LogP contribution is -2.44. The standard InChI is InChI=1S/C22H35N3O4/c1-21(2,3)28-19(26)25(20(27)29-22(4,5)6)15-9-14-23-17-12-7-10-16-11-8-13-24-18(16)17/h8,11,13,17,23H,7,9-10,12,14-15H2,1-6H3/t17-/m0/s1. The summed E-state index contributed by atoms with van der Waals surface area (Å²) in [6, 6.07) is 4.31. The third kappa shape index (κ3) is 7.65. The van der Waals surface area contributed by atoms with Gasteiger partial charge in [-0.15, -0.1) is 0 Å². The van der Waals surface area contributed by atoms with Crippen molar-refractivity contribution in [3.05, 3.63) is 29.6 Å². The van der Waals surface area contributed by atoms with Crippen LogP contribution in [0.4, 0.5) is 9.59 Å². The van der Waals surface area contributed by atoms with Crippen molar-refractivity contribution in [3.63, 3.8) is 0 Å². The predicted molar refractivity (Wildman–Crippen MR) is 112 cm³/mol. The normalized spacial score (nSPS) is 16.7. The maximum atomic E-state index is 12.5. The third-order valence-electron chi connectivity index (χ3n) is 4.37. The molecule has 0 radical (unpaired) electrons. The van der Waals surface area contributed by atoms with Crippen LogP contribution >= 0.6 is 0 Å². The van der Waals surface area contributed by atoms with E-state index in [1.807, 2.05) is 12.3 Å². The van der Waals surface area contributed by atoms with E-state index in [0.717, 1.165) is 29.9 Å². The Balaban J connectivity index is 1.94. The molecule has 1 heterocycles. The van der Waals surface area contributed by atoms with Gasteiger partial charge in [-0.05, 0) is 85.4 Å². The third-order valence-corrected chi connectivity index (χ3v) is 4.37. The van der Waals surface area contributed by atoms with E-state index >= 15 is 0 Å². The molecule has 1 aliphatic rings. The molecular weight excluding hydrogens is 370 g/mol. The second-order valence-corrected chi connectivity index (χ2v) is 9.41. The zero-order chi connectivity index (χ0) is 21.7. The highest BCUT2D eigenvalue weighted by Crippen LogP contribution is 2.27. The van der Waals surface area contributed by atoms with Crippen LogP contribution < -0.4 is 5.32 Å². The van der Waals surface area contributed by atoms with Gasteiger partial charge in [-0.25, -0.2) is 14.5 Å². The summed E-state index contributed by atoms with van der Waals surface area (Å²) in [5.41, 5.74) is 1.02. The van der Waals surface area contributed by atoms with Crippen molar-refractivity contribution in [2.24, 2.45) is 0 Å². The molecule has 0 unspecified atom stereocenters. The summed E-state index contributed by atoms with van der Waals surface area (Å²) >= 11 is 0. The highest BCUT2D eigenvalue weighted by Gasteiger charge is 2.31. The van der Waals surface area contributed by atoms with Gasteiger partial charge in [-0.3, -0.25) is 4.98 Å². The van der Waals surface area contributed by atoms with E-state index in [-0.39, 0.29) is 12.6 Å². The second-order valence-electron chi connectivity index (χ2n) is 9.41. The van der Waals surface area contributed by atoms with Gasteiger partial charge >= 0.3 is 12.2 Å². The number of fused-ring (bicyclic) bond motifs is 1. The number of carbonyl (C=O) groups excluding carboxylic acids is 2. The Bertz CT molecular complexity index is 679. The second kappa shape index (κ2) is 9.57. The summed E-state index contributed by atoms with van der Waals surface area (Å²) in [6.45, 7) is 11.5. The maximum Gasteiger partial charge on any atom is 0.419 e. The van der Waals surface area contributed by atoms with Crippen LogP contribution in [0.25, 0.3) is 0 Å². The van der Waals surface area contributed by atoms with Crippen molar-refractivity contribution >= 4 is 12.2 Å². The first-order valence-corrected chi connectivity index (χ1v) is 10.4. The van der Waals surface area contributed by atoms with Crippen molar-refractivity contribution in [1.29, 1.82) is 0 Å². The van der Waals surface area contributed by atoms with Crippen LogP contribution in [0, 0.1) is 0 Å². The van der Waals surface area contributed by atoms with Crippen molar-refractivity contribution in [2.45, 2.75) is 84.5 Å². The van der Waals surface area contributed by atoms with Crippen molar-refractivity contribution in [2.75, 3.05) is 13.1 Å². The van der Waals surface area contributed by atoms with Gasteiger partial charge in [0.15, 0.2) is 0 Å². The van der Waals surface area contributed by atoms with Gasteiger partial charge in [-0.1, -0.05) is 6.07 Å². The molecule has 2 amide bonds. The van der Waals surface area contributed by atoms with Crippen LogP contribution in [0.1, 0.15) is 78.1 Å². The Hall–Kier alpha value is -2.15. The van der Waals surface area contributed by atoms with Crippen molar-refractivity contribution in [3.8, 4) is 0 Å². The first kappa shape index (κ1) is 23.1. The number of amides is 2. The highest BCUT2D eigenvalue weighted by molar-refractivity contribution is 5.88. The molecule has 0 aliphatic heterocycles. The number of hydrogen-bond donors (Lipinski definition) is 1. The fourth-order valence-electron chi connectivity index (χ4n) is 3.21. The summed E-state index contributed by atoms with van der Waals surface area (Å²) in [4.78, 5) is 30.6. The molecule has 162 valence electrons. The van der Waals surface area contributed by atoms with Crippen molar-refractivity contribution in [1.82, 2.24) is 15.2 Å². The molecule has 0 spiro atoms. The molecule has 1 N–H and O–H groups in total. The molecule has 29 heavy (non-hydrogen) atoms. The average Bonchev–Trinajstić information content (AvgIpc) is 2.58. The lowest BCUT2D eigenvalue weighted by molar-refractivity contribution is 0.00129. The zero-order valence-corrected chi connectivity index (χ0v) is 18.6. The Kier molecular flexibility index (Phi) is 7.63. The van der Waals surface area contributed by atoms with E-state index in [1.165, 1.54) is 5.56 Å². The van der Waals surface area contributed by atoms with Crippen LogP contribution in [0.2, 0.25) is 0 Å². The van der Waals surface area contributed by atoms with Gasteiger partial charge in [0, 0.05) is 18.8 Å². The molecule has 2 rings (SSSR count). The highest BCUT2D eigenvalue weighted by atomic mass is 16.6. The van der Waals surface area contributed by atoms with Crippen LogP contribution in [-0.4, -0.2) is 46.4 Å². The van der Waals surface area contributed by atoms with Crippen LogP contribution in [0.5, 0.6) is 0 Å². The molecule has 1 aromatic rings. The molecule has 0 saturated heterocycles. The van der Waals surface area contributed by atoms with E-state index in [4.69, 9.17) is 9.47 Å². The van der Waals surface area contributed by atoms with E-state index in [9.17, 15) is 9.59 Å². The number of nitrogens with one attached hydrogen (secondary N) is 1. The maximum absolute atomic E-state index is 12.5. The minimum atomic E-state index is -0.687. The van der Waals surface area contributed by atoms with Crippen molar-refractivity contribution < 1.29 is 19.1 Å². The zero-order valence-electron chi connectivity index (χ0n) is 18.6. The first-order valence-electron chi connectivity index (χ1n) is 10.4. The Labute approximate surface area is 174 Å². The molecule has 0 aromatic carbocycles. The summed E-state index contributed by atoms with van der Waals surface area (Å²) in [5, 5.41) is 3.51. The number of carbonyl (C=O) groups is 2. The fraction of sp³-hybridized carbons (Fsp3) is 0.682. The number of rotatable bonds is 5. The molecule has 1 atom stereocenters. The Morgan fingerprint density at radius 3 is 2.34 bits per heavy atom. The summed E-state index contributed by atoms with van der Waals surface area (Å²) < 4.78 is 10.8. The molecule has 0 saturated carbocycles. The Morgan fingerprint density at radius 1 is 1.14 bits per heavy atom. The van der Waals surface area contributed by atoms with Crippen LogP contribution in [-0.2, 0) is 15.9 Å². The van der Waals surface area contributed by atoms with E-state index in [1.54, 1.807) is 41.5 Å².